The highest BCUT2D eigenvalue weighted by Crippen LogP contribution is 2.21. The topological polar surface area (TPSA) is 147 Å². The number of carbonyl (C=O) groups excluding carboxylic acids is 1. The Hall–Kier alpha value is -2.68. The number of nitro benzene ring substituents is 1. The van der Waals surface area contributed by atoms with E-state index < -0.39 is 40.9 Å². The molecule has 1 amide bonds. The SMILES string of the molecule is O=C(O)CC(NC(=O)c1cc(Cl)cc([N+](=O)[O-])c1)C(=O)O. The lowest BCUT2D eigenvalue weighted by molar-refractivity contribution is -0.384. The van der Waals surface area contributed by atoms with Crippen LogP contribution in [-0.2, 0) is 9.59 Å². The summed E-state index contributed by atoms with van der Waals surface area (Å²) >= 11 is 5.63. The van der Waals surface area contributed by atoms with Gasteiger partial charge in [0.25, 0.3) is 11.6 Å². The van der Waals surface area contributed by atoms with Crippen LogP contribution in [0, 0.1) is 10.1 Å². The third-order valence-corrected chi connectivity index (χ3v) is 2.56. The van der Waals surface area contributed by atoms with Crippen molar-refractivity contribution in [3.63, 3.8) is 0 Å². The molecule has 3 N–H and O–H groups in total. The van der Waals surface area contributed by atoms with Gasteiger partial charge in [-0.25, -0.2) is 4.79 Å². The second-order valence-corrected chi connectivity index (χ2v) is 4.35. The first-order chi connectivity index (χ1) is 9.70. The van der Waals surface area contributed by atoms with Crippen LogP contribution in [0.1, 0.15) is 16.8 Å². The van der Waals surface area contributed by atoms with E-state index >= 15 is 0 Å². The first kappa shape index (κ1) is 16.4. The van der Waals surface area contributed by atoms with Gasteiger partial charge in [0.05, 0.1) is 11.3 Å². The number of amides is 1. The largest absolute Gasteiger partial charge is 0.481 e. The van der Waals surface area contributed by atoms with Crippen LogP contribution in [0.25, 0.3) is 0 Å². The summed E-state index contributed by atoms with van der Waals surface area (Å²) in [4.78, 5) is 43.0. The zero-order valence-corrected chi connectivity index (χ0v) is 11.0. The van der Waals surface area contributed by atoms with E-state index in [2.05, 4.69) is 0 Å². The molecule has 0 aliphatic rings. The normalized spacial score (nSPS) is 11.5. The van der Waals surface area contributed by atoms with E-state index in [1.54, 1.807) is 0 Å². The summed E-state index contributed by atoms with van der Waals surface area (Å²) in [7, 11) is 0. The summed E-state index contributed by atoms with van der Waals surface area (Å²) in [6.07, 6.45) is -0.830. The minimum Gasteiger partial charge on any atom is -0.481 e. The molecule has 1 rings (SSSR count). The number of nitro groups is 1. The van der Waals surface area contributed by atoms with Crippen LogP contribution >= 0.6 is 11.6 Å². The summed E-state index contributed by atoms with van der Waals surface area (Å²) in [5.74, 6) is -3.93. The van der Waals surface area contributed by atoms with Crippen molar-refractivity contribution in [3.05, 3.63) is 38.9 Å². The second-order valence-electron chi connectivity index (χ2n) is 3.92. The number of nitrogens with one attached hydrogen (secondary N) is 1. The molecule has 0 bridgehead atoms. The lowest BCUT2D eigenvalue weighted by atomic mass is 10.1. The molecule has 0 aliphatic heterocycles. The standard InChI is InChI=1S/C11H9ClN2O7/c12-6-1-5(2-7(3-6)14(20)21)10(17)13-8(11(18)19)4-9(15)16/h1-3,8H,4H2,(H,13,17)(H,15,16)(H,18,19). The fraction of sp³-hybridized carbons (Fsp3) is 0.182. The van der Waals surface area contributed by atoms with Crippen molar-refractivity contribution in [2.45, 2.75) is 12.5 Å². The molecule has 0 saturated carbocycles. The van der Waals surface area contributed by atoms with Crippen molar-refractivity contribution in [1.82, 2.24) is 5.32 Å². The van der Waals surface area contributed by atoms with E-state index in [4.69, 9.17) is 21.8 Å². The highest BCUT2D eigenvalue weighted by Gasteiger charge is 2.24. The molecule has 0 aromatic heterocycles. The molecule has 0 fully saturated rings. The van der Waals surface area contributed by atoms with Crippen molar-refractivity contribution < 1.29 is 29.5 Å². The Bertz CT molecular complexity index is 617. The van der Waals surface area contributed by atoms with Gasteiger partial charge in [-0.05, 0) is 6.07 Å². The number of carboxylic acid groups (broad SMARTS) is 2. The minimum atomic E-state index is -1.66. The van der Waals surface area contributed by atoms with E-state index in [0.717, 1.165) is 18.2 Å². The van der Waals surface area contributed by atoms with Gasteiger partial charge in [-0.3, -0.25) is 19.7 Å². The predicted octanol–water partition coefficient (Wildman–Crippen LogP) is 0.906. The summed E-state index contributed by atoms with van der Waals surface area (Å²) < 4.78 is 0. The maximum atomic E-state index is 11.8. The molecule has 10 heteroatoms. The summed E-state index contributed by atoms with van der Waals surface area (Å²) in [5, 5.41) is 29.9. The number of benzene rings is 1. The van der Waals surface area contributed by atoms with Crippen molar-refractivity contribution >= 4 is 35.1 Å². The molecular weight excluding hydrogens is 308 g/mol. The molecule has 1 aromatic carbocycles. The molecule has 9 nitrogen and oxygen atoms in total. The quantitative estimate of drug-likeness (QED) is 0.521. The van der Waals surface area contributed by atoms with E-state index in [1.807, 2.05) is 5.32 Å². The monoisotopic (exact) mass is 316 g/mol. The third kappa shape index (κ3) is 4.73. The Balaban J connectivity index is 2.99. The van der Waals surface area contributed by atoms with E-state index in [0.29, 0.717) is 0 Å². The number of hydrogen-bond donors (Lipinski definition) is 3. The Labute approximate surface area is 122 Å². The summed E-state index contributed by atoms with van der Waals surface area (Å²) in [6, 6.07) is 1.36. The molecule has 0 spiro atoms. The maximum Gasteiger partial charge on any atom is 0.326 e. The summed E-state index contributed by atoms with van der Waals surface area (Å²) in [6.45, 7) is 0. The van der Waals surface area contributed by atoms with Gasteiger partial charge in [-0.2, -0.15) is 0 Å². The van der Waals surface area contributed by atoms with E-state index in [9.17, 15) is 24.5 Å². The van der Waals surface area contributed by atoms with E-state index in [-0.39, 0.29) is 10.6 Å². The van der Waals surface area contributed by atoms with Crippen molar-refractivity contribution in [2.75, 3.05) is 0 Å². The lowest BCUT2D eigenvalue weighted by Gasteiger charge is -2.12. The molecule has 0 heterocycles. The molecule has 1 atom stereocenters. The number of rotatable bonds is 6. The van der Waals surface area contributed by atoms with Crippen LogP contribution in [0.3, 0.4) is 0 Å². The molecular formula is C11H9ClN2O7. The van der Waals surface area contributed by atoms with Gasteiger partial charge in [0.15, 0.2) is 0 Å². The molecule has 0 saturated heterocycles. The molecule has 21 heavy (non-hydrogen) atoms. The average Bonchev–Trinajstić information content (AvgIpc) is 2.36. The van der Waals surface area contributed by atoms with Crippen LogP contribution < -0.4 is 5.32 Å². The smallest absolute Gasteiger partial charge is 0.326 e. The maximum absolute atomic E-state index is 11.8. The number of carbonyl (C=O) groups is 3. The van der Waals surface area contributed by atoms with Crippen LogP contribution in [0.15, 0.2) is 18.2 Å². The first-order valence-electron chi connectivity index (χ1n) is 5.41. The van der Waals surface area contributed by atoms with E-state index in [1.165, 1.54) is 0 Å². The van der Waals surface area contributed by atoms with Crippen LogP contribution in [0.5, 0.6) is 0 Å². The van der Waals surface area contributed by atoms with Crippen LogP contribution in [-0.4, -0.2) is 39.0 Å². The molecule has 1 aromatic rings. The number of nitrogens with zero attached hydrogens (tertiary/aromatic N) is 1. The summed E-state index contributed by atoms with van der Waals surface area (Å²) in [5.41, 5.74) is -0.691. The molecule has 112 valence electrons. The second kappa shape index (κ2) is 6.66. The Morgan fingerprint density at radius 3 is 2.38 bits per heavy atom. The molecule has 0 radical (unpaired) electrons. The molecule has 0 aliphatic carbocycles. The third-order valence-electron chi connectivity index (χ3n) is 2.34. The highest BCUT2D eigenvalue weighted by molar-refractivity contribution is 6.31. The zero-order valence-electron chi connectivity index (χ0n) is 10.3. The number of aliphatic carboxylic acids is 2. The van der Waals surface area contributed by atoms with Gasteiger partial charge in [-0.1, -0.05) is 11.6 Å². The van der Waals surface area contributed by atoms with Gasteiger partial charge < -0.3 is 15.5 Å². The van der Waals surface area contributed by atoms with Crippen LogP contribution in [0.4, 0.5) is 5.69 Å². The van der Waals surface area contributed by atoms with Crippen LogP contribution in [0.2, 0.25) is 5.02 Å². The van der Waals surface area contributed by atoms with Crippen molar-refractivity contribution in [3.8, 4) is 0 Å². The fourth-order valence-corrected chi connectivity index (χ4v) is 1.66. The number of halogens is 1. The van der Waals surface area contributed by atoms with Gasteiger partial charge in [0.1, 0.15) is 6.04 Å². The number of carboxylic acids is 2. The Morgan fingerprint density at radius 1 is 1.29 bits per heavy atom. The van der Waals surface area contributed by atoms with Gasteiger partial charge in [0, 0.05) is 22.7 Å². The van der Waals surface area contributed by atoms with Crippen molar-refractivity contribution in [1.29, 1.82) is 0 Å². The Kier molecular flexibility index (Phi) is 5.19. The lowest BCUT2D eigenvalue weighted by Crippen LogP contribution is -2.42. The van der Waals surface area contributed by atoms with Gasteiger partial charge in [-0.15, -0.1) is 0 Å². The minimum absolute atomic E-state index is 0.0838. The highest BCUT2D eigenvalue weighted by atomic mass is 35.5. The first-order valence-corrected chi connectivity index (χ1v) is 5.79. The predicted molar refractivity (Wildman–Crippen MR) is 69.2 cm³/mol. The average molecular weight is 317 g/mol. The van der Waals surface area contributed by atoms with Crippen molar-refractivity contribution in [2.24, 2.45) is 0 Å². The Morgan fingerprint density at radius 2 is 1.90 bits per heavy atom. The number of non-ortho nitro benzene ring substituents is 1. The molecule has 1 unspecified atom stereocenters. The zero-order chi connectivity index (χ0) is 16.2. The van der Waals surface area contributed by atoms with Gasteiger partial charge >= 0.3 is 11.9 Å². The fourth-order valence-electron chi connectivity index (χ4n) is 1.43. The number of hydrogen-bond acceptors (Lipinski definition) is 5. The van der Waals surface area contributed by atoms with Gasteiger partial charge in [0.2, 0.25) is 0 Å².